The van der Waals surface area contributed by atoms with Crippen LogP contribution in [0.15, 0.2) is 18.2 Å². The summed E-state index contributed by atoms with van der Waals surface area (Å²) in [5, 5.41) is 0. The number of halogens is 1. The van der Waals surface area contributed by atoms with Crippen molar-refractivity contribution in [2.24, 2.45) is 11.7 Å². The van der Waals surface area contributed by atoms with Gasteiger partial charge in [-0.3, -0.25) is 0 Å². The Morgan fingerprint density at radius 2 is 2.00 bits per heavy atom. The number of nitrogens with two attached hydrogens (primary N) is 1. The van der Waals surface area contributed by atoms with Gasteiger partial charge in [0.25, 0.3) is 0 Å². The van der Waals surface area contributed by atoms with Crippen molar-refractivity contribution in [2.75, 3.05) is 7.11 Å². The highest BCUT2D eigenvalue weighted by Gasteiger charge is 2.13. The SMILES string of the molecule is COc1cc(F)ccc1[C@@H](N)CCC(C)C. The average Bonchev–Trinajstić information content (AvgIpc) is 2.25. The van der Waals surface area contributed by atoms with Crippen molar-refractivity contribution in [3.63, 3.8) is 0 Å². The minimum Gasteiger partial charge on any atom is -0.496 e. The van der Waals surface area contributed by atoms with Crippen LogP contribution in [0, 0.1) is 11.7 Å². The van der Waals surface area contributed by atoms with E-state index < -0.39 is 0 Å². The molecule has 1 aromatic carbocycles. The molecule has 0 fully saturated rings. The fourth-order valence-electron chi connectivity index (χ4n) is 1.66. The van der Waals surface area contributed by atoms with Crippen LogP contribution in [0.4, 0.5) is 4.39 Å². The highest BCUT2D eigenvalue weighted by Crippen LogP contribution is 2.28. The zero-order valence-corrected chi connectivity index (χ0v) is 10.2. The van der Waals surface area contributed by atoms with Crippen LogP contribution >= 0.6 is 0 Å². The first-order valence-electron chi connectivity index (χ1n) is 5.63. The number of ether oxygens (including phenoxy) is 1. The van der Waals surface area contributed by atoms with Crippen LogP contribution in [0.25, 0.3) is 0 Å². The summed E-state index contributed by atoms with van der Waals surface area (Å²) in [6.45, 7) is 4.32. The Morgan fingerprint density at radius 3 is 2.56 bits per heavy atom. The maximum Gasteiger partial charge on any atom is 0.126 e. The second kappa shape index (κ2) is 5.85. The fraction of sp³-hybridized carbons (Fsp3) is 0.538. The summed E-state index contributed by atoms with van der Waals surface area (Å²) in [7, 11) is 1.54. The Kier molecular flexibility index (Phi) is 4.74. The number of hydrogen-bond acceptors (Lipinski definition) is 2. The molecule has 0 aliphatic rings. The molecule has 0 saturated heterocycles. The van der Waals surface area contributed by atoms with Gasteiger partial charge in [-0.25, -0.2) is 4.39 Å². The third kappa shape index (κ3) is 3.49. The van der Waals surface area contributed by atoms with Crippen molar-refractivity contribution < 1.29 is 9.13 Å². The van der Waals surface area contributed by atoms with E-state index in [2.05, 4.69) is 13.8 Å². The van der Waals surface area contributed by atoms with Gasteiger partial charge in [-0.2, -0.15) is 0 Å². The first-order chi connectivity index (χ1) is 7.54. The Labute approximate surface area is 96.6 Å². The second-order valence-corrected chi connectivity index (χ2v) is 4.46. The first-order valence-corrected chi connectivity index (χ1v) is 5.63. The molecule has 0 radical (unpaired) electrons. The van der Waals surface area contributed by atoms with E-state index in [4.69, 9.17) is 10.5 Å². The molecule has 0 spiro atoms. The molecule has 0 unspecified atom stereocenters. The molecule has 90 valence electrons. The average molecular weight is 225 g/mol. The molecule has 0 aliphatic carbocycles. The third-order valence-corrected chi connectivity index (χ3v) is 2.65. The fourth-order valence-corrected chi connectivity index (χ4v) is 1.66. The van der Waals surface area contributed by atoms with E-state index >= 15 is 0 Å². The zero-order chi connectivity index (χ0) is 12.1. The highest BCUT2D eigenvalue weighted by molar-refractivity contribution is 5.36. The molecule has 0 aliphatic heterocycles. The van der Waals surface area contributed by atoms with Gasteiger partial charge in [0, 0.05) is 17.7 Å². The van der Waals surface area contributed by atoms with E-state index in [9.17, 15) is 4.39 Å². The van der Waals surface area contributed by atoms with Gasteiger partial charge < -0.3 is 10.5 Å². The molecule has 0 heterocycles. The summed E-state index contributed by atoms with van der Waals surface area (Å²) in [6, 6.07) is 4.43. The van der Waals surface area contributed by atoms with Crippen LogP contribution in [-0.2, 0) is 0 Å². The molecule has 0 saturated carbocycles. The number of hydrogen-bond donors (Lipinski definition) is 1. The van der Waals surface area contributed by atoms with Gasteiger partial charge in [0.15, 0.2) is 0 Å². The van der Waals surface area contributed by atoms with Crippen molar-refractivity contribution in [3.8, 4) is 5.75 Å². The molecule has 0 bridgehead atoms. The maximum atomic E-state index is 13.0. The van der Waals surface area contributed by atoms with Gasteiger partial charge >= 0.3 is 0 Å². The highest BCUT2D eigenvalue weighted by atomic mass is 19.1. The quantitative estimate of drug-likeness (QED) is 0.834. The van der Waals surface area contributed by atoms with Crippen molar-refractivity contribution in [1.29, 1.82) is 0 Å². The lowest BCUT2D eigenvalue weighted by molar-refractivity contribution is 0.397. The van der Waals surface area contributed by atoms with E-state index in [1.807, 2.05) is 0 Å². The zero-order valence-electron chi connectivity index (χ0n) is 10.2. The normalized spacial score (nSPS) is 12.9. The predicted octanol–water partition coefficient (Wildman–Crippen LogP) is 3.27. The summed E-state index contributed by atoms with van der Waals surface area (Å²) >= 11 is 0. The second-order valence-electron chi connectivity index (χ2n) is 4.46. The van der Waals surface area contributed by atoms with E-state index in [0.29, 0.717) is 11.7 Å². The summed E-state index contributed by atoms with van der Waals surface area (Å²) in [5.41, 5.74) is 6.95. The smallest absolute Gasteiger partial charge is 0.126 e. The molecule has 2 N–H and O–H groups in total. The molecule has 1 rings (SSSR count). The van der Waals surface area contributed by atoms with Crippen molar-refractivity contribution in [2.45, 2.75) is 32.7 Å². The molecule has 1 atom stereocenters. The predicted molar refractivity (Wildman–Crippen MR) is 64.0 cm³/mol. The molecule has 16 heavy (non-hydrogen) atoms. The van der Waals surface area contributed by atoms with Crippen molar-refractivity contribution in [3.05, 3.63) is 29.6 Å². The standard InChI is InChI=1S/C13H20FNO/c1-9(2)4-7-12(15)11-6-5-10(14)8-13(11)16-3/h5-6,8-9,12H,4,7,15H2,1-3H3/t12-/m0/s1. The number of rotatable bonds is 5. The summed E-state index contributed by atoms with van der Waals surface area (Å²) in [4.78, 5) is 0. The van der Waals surface area contributed by atoms with Gasteiger partial charge in [-0.05, 0) is 24.8 Å². The van der Waals surface area contributed by atoms with Crippen LogP contribution in [0.5, 0.6) is 5.75 Å². The lowest BCUT2D eigenvalue weighted by Gasteiger charge is -2.16. The van der Waals surface area contributed by atoms with E-state index in [1.165, 1.54) is 19.2 Å². The minimum absolute atomic E-state index is 0.0852. The molecule has 0 aromatic heterocycles. The maximum absolute atomic E-state index is 13.0. The van der Waals surface area contributed by atoms with Crippen molar-refractivity contribution >= 4 is 0 Å². The van der Waals surface area contributed by atoms with Gasteiger partial charge in [0.1, 0.15) is 11.6 Å². The van der Waals surface area contributed by atoms with Gasteiger partial charge in [-0.1, -0.05) is 19.9 Å². The lowest BCUT2D eigenvalue weighted by Crippen LogP contribution is -2.12. The molecule has 1 aromatic rings. The van der Waals surface area contributed by atoms with Gasteiger partial charge in [-0.15, -0.1) is 0 Å². The van der Waals surface area contributed by atoms with Crippen LogP contribution in [0.2, 0.25) is 0 Å². The van der Waals surface area contributed by atoms with Crippen LogP contribution in [0.1, 0.15) is 38.3 Å². The van der Waals surface area contributed by atoms with Gasteiger partial charge in [0.2, 0.25) is 0 Å². The molecule has 3 heteroatoms. The first kappa shape index (κ1) is 13.0. The van der Waals surface area contributed by atoms with Crippen LogP contribution in [0.3, 0.4) is 0 Å². The Hall–Kier alpha value is -1.09. The molecule has 0 amide bonds. The van der Waals surface area contributed by atoms with E-state index in [1.54, 1.807) is 6.07 Å². The lowest BCUT2D eigenvalue weighted by atomic mass is 9.97. The van der Waals surface area contributed by atoms with Crippen LogP contribution in [-0.4, -0.2) is 7.11 Å². The van der Waals surface area contributed by atoms with E-state index in [0.717, 1.165) is 18.4 Å². The molecular formula is C13H20FNO. The van der Waals surface area contributed by atoms with E-state index in [-0.39, 0.29) is 11.9 Å². The number of methoxy groups -OCH3 is 1. The topological polar surface area (TPSA) is 35.2 Å². The summed E-state index contributed by atoms with van der Waals surface area (Å²) in [6.07, 6.45) is 1.95. The Balaban J connectivity index is 2.77. The number of benzene rings is 1. The Morgan fingerprint density at radius 1 is 1.31 bits per heavy atom. The molecular weight excluding hydrogens is 205 g/mol. The largest absolute Gasteiger partial charge is 0.496 e. The minimum atomic E-state index is -0.295. The van der Waals surface area contributed by atoms with Crippen LogP contribution < -0.4 is 10.5 Å². The summed E-state index contributed by atoms with van der Waals surface area (Å²) in [5.74, 6) is 0.866. The monoisotopic (exact) mass is 225 g/mol. The molecule has 2 nitrogen and oxygen atoms in total. The van der Waals surface area contributed by atoms with Gasteiger partial charge in [0.05, 0.1) is 7.11 Å². The summed E-state index contributed by atoms with van der Waals surface area (Å²) < 4.78 is 18.1. The van der Waals surface area contributed by atoms with Crippen molar-refractivity contribution in [1.82, 2.24) is 0 Å². The third-order valence-electron chi connectivity index (χ3n) is 2.65. The Bertz CT molecular complexity index is 339.